The number of amides is 1. The molecule has 21 heavy (non-hydrogen) atoms. The summed E-state index contributed by atoms with van der Waals surface area (Å²) >= 11 is 0. The van der Waals surface area contributed by atoms with Gasteiger partial charge in [-0.05, 0) is 31.0 Å². The SMILES string of the molecule is O=C(O)c1cc(NC(=O)C2CCCOC2)cc(C(=O)O)c1. The van der Waals surface area contributed by atoms with Crippen LogP contribution in [-0.2, 0) is 9.53 Å². The van der Waals surface area contributed by atoms with Crippen molar-refractivity contribution in [2.75, 3.05) is 18.5 Å². The number of ether oxygens (including phenoxy) is 1. The molecule has 112 valence electrons. The molecule has 1 amide bonds. The fourth-order valence-corrected chi connectivity index (χ4v) is 2.14. The van der Waals surface area contributed by atoms with Crippen molar-refractivity contribution in [2.24, 2.45) is 5.92 Å². The van der Waals surface area contributed by atoms with E-state index in [9.17, 15) is 14.4 Å². The van der Waals surface area contributed by atoms with Gasteiger partial charge in [-0.25, -0.2) is 9.59 Å². The fraction of sp³-hybridized carbons (Fsp3) is 0.357. The van der Waals surface area contributed by atoms with Crippen LogP contribution < -0.4 is 5.32 Å². The number of carbonyl (C=O) groups excluding carboxylic acids is 1. The summed E-state index contributed by atoms with van der Waals surface area (Å²) in [6, 6.07) is 3.51. The third kappa shape index (κ3) is 3.79. The van der Waals surface area contributed by atoms with Gasteiger partial charge in [0.2, 0.25) is 5.91 Å². The summed E-state index contributed by atoms with van der Waals surface area (Å²) in [4.78, 5) is 34.0. The van der Waals surface area contributed by atoms with Crippen LogP contribution in [0.4, 0.5) is 5.69 Å². The predicted octanol–water partition coefficient (Wildman–Crippen LogP) is 1.45. The van der Waals surface area contributed by atoms with Crippen molar-refractivity contribution in [2.45, 2.75) is 12.8 Å². The van der Waals surface area contributed by atoms with E-state index in [-0.39, 0.29) is 28.6 Å². The highest BCUT2D eigenvalue weighted by Crippen LogP contribution is 2.19. The predicted molar refractivity (Wildman–Crippen MR) is 72.5 cm³/mol. The van der Waals surface area contributed by atoms with Crippen LogP contribution in [0.25, 0.3) is 0 Å². The molecule has 1 heterocycles. The Morgan fingerprint density at radius 2 is 1.71 bits per heavy atom. The third-order valence-corrected chi connectivity index (χ3v) is 3.23. The van der Waals surface area contributed by atoms with Crippen molar-refractivity contribution in [3.8, 4) is 0 Å². The van der Waals surface area contributed by atoms with Gasteiger partial charge in [-0.3, -0.25) is 4.79 Å². The lowest BCUT2D eigenvalue weighted by Crippen LogP contribution is -2.30. The van der Waals surface area contributed by atoms with Gasteiger partial charge in [0.05, 0.1) is 23.7 Å². The van der Waals surface area contributed by atoms with Gasteiger partial charge in [-0.15, -0.1) is 0 Å². The summed E-state index contributed by atoms with van der Waals surface area (Å²) in [6.07, 6.45) is 1.48. The van der Waals surface area contributed by atoms with Crippen LogP contribution in [0.5, 0.6) is 0 Å². The van der Waals surface area contributed by atoms with Crippen molar-refractivity contribution in [1.82, 2.24) is 0 Å². The monoisotopic (exact) mass is 293 g/mol. The Hall–Kier alpha value is -2.41. The van der Waals surface area contributed by atoms with Crippen LogP contribution in [0.15, 0.2) is 18.2 Å². The van der Waals surface area contributed by atoms with E-state index in [2.05, 4.69) is 5.32 Å². The minimum atomic E-state index is -1.26. The Balaban J connectivity index is 2.20. The summed E-state index contributed by atoms with van der Waals surface area (Å²) in [7, 11) is 0. The molecule has 7 heteroatoms. The van der Waals surface area contributed by atoms with Crippen LogP contribution in [-0.4, -0.2) is 41.3 Å². The lowest BCUT2D eigenvalue weighted by Gasteiger charge is -2.21. The molecule has 0 saturated carbocycles. The zero-order valence-electron chi connectivity index (χ0n) is 11.2. The van der Waals surface area contributed by atoms with Gasteiger partial charge < -0.3 is 20.3 Å². The minimum absolute atomic E-state index is 0.155. The number of carboxylic acid groups (broad SMARTS) is 2. The highest BCUT2D eigenvalue weighted by Gasteiger charge is 2.22. The molecule has 1 unspecified atom stereocenters. The molecule has 2 rings (SSSR count). The first-order valence-corrected chi connectivity index (χ1v) is 6.47. The second-order valence-corrected chi connectivity index (χ2v) is 4.81. The number of hydrogen-bond donors (Lipinski definition) is 3. The smallest absolute Gasteiger partial charge is 0.335 e. The van der Waals surface area contributed by atoms with Gasteiger partial charge in [-0.2, -0.15) is 0 Å². The van der Waals surface area contributed by atoms with E-state index in [1.807, 2.05) is 0 Å². The first-order valence-electron chi connectivity index (χ1n) is 6.47. The van der Waals surface area contributed by atoms with Crippen LogP contribution in [0.1, 0.15) is 33.6 Å². The molecule has 0 radical (unpaired) electrons. The number of benzene rings is 1. The Labute approximate surface area is 120 Å². The van der Waals surface area contributed by atoms with E-state index < -0.39 is 11.9 Å². The van der Waals surface area contributed by atoms with Crippen LogP contribution in [0, 0.1) is 5.92 Å². The summed E-state index contributed by atoms with van der Waals surface area (Å²) in [5, 5.41) is 20.5. The molecule has 0 aromatic heterocycles. The topological polar surface area (TPSA) is 113 Å². The molecule has 3 N–H and O–H groups in total. The van der Waals surface area contributed by atoms with Gasteiger partial charge in [-0.1, -0.05) is 0 Å². The van der Waals surface area contributed by atoms with E-state index in [0.29, 0.717) is 19.6 Å². The van der Waals surface area contributed by atoms with E-state index in [0.717, 1.165) is 12.5 Å². The second-order valence-electron chi connectivity index (χ2n) is 4.81. The van der Waals surface area contributed by atoms with Crippen molar-refractivity contribution in [1.29, 1.82) is 0 Å². The van der Waals surface area contributed by atoms with Crippen LogP contribution >= 0.6 is 0 Å². The first kappa shape index (κ1) is 15.0. The maximum absolute atomic E-state index is 12.0. The van der Waals surface area contributed by atoms with Gasteiger partial charge >= 0.3 is 11.9 Å². The minimum Gasteiger partial charge on any atom is -0.478 e. The molecule has 0 aliphatic carbocycles. The number of carboxylic acids is 2. The average molecular weight is 293 g/mol. The Morgan fingerprint density at radius 3 is 2.19 bits per heavy atom. The third-order valence-electron chi connectivity index (χ3n) is 3.23. The summed E-state index contributed by atoms with van der Waals surface area (Å²) < 4.78 is 5.22. The highest BCUT2D eigenvalue weighted by atomic mass is 16.5. The summed E-state index contributed by atoms with van der Waals surface area (Å²) in [6.45, 7) is 0.942. The van der Waals surface area contributed by atoms with Gasteiger partial charge in [0.25, 0.3) is 0 Å². The Bertz CT molecular complexity index is 545. The maximum atomic E-state index is 12.0. The molecule has 0 spiro atoms. The molecule has 1 aromatic rings. The van der Waals surface area contributed by atoms with Gasteiger partial charge in [0.1, 0.15) is 0 Å². The molecule has 0 bridgehead atoms. The molecule has 1 saturated heterocycles. The average Bonchev–Trinajstić information content (AvgIpc) is 2.47. The van der Waals surface area contributed by atoms with E-state index in [1.165, 1.54) is 12.1 Å². The standard InChI is InChI=1S/C14H15NO6/c16-12(8-2-1-3-21-7-8)15-11-5-9(13(17)18)4-10(6-11)14(19)20/h4-6,8H,1-3,7H2,(H,15,16)(H,17,18)(H,19,20). The Morgan fingerprint density at radius 1 is 1.10 bits per heavy atom. The molecular formula is C14H15NO6. The first-order chi connectivity index (χ1) is 9.97. The second kappa shape index (κ2) is 6.36. The van der Waals surface area contributed by atoms with Crippen molar-refractivity contribution >= 4 is 23.5 Å². The fourth-order valence-electron chi connectivity index (χ4n) is 2.14. The normalized spacial score (nSPS) is 18.0. The molecule has 1 aromatic carbocycles. The lowest BCUT2D eigenvalue weighted by molar-refractivity contribution is -0.123. The number of carbonyl (C=O) groups is 3. The van der Waals surface area contributed by atoms with Crippen molar-refractivity contribution in [3.63, 3.8) is 0 Å². The summed E-state index contributed by atoms with van der Waals surface area (Å²) in [5.41, 5.74) is -0.224. The number of aromatic carboxylic acids is 2. The molecule has 1 aliphatic rings. The van der Waals surface area contributed by atoms with Gasteiger partial charge in [0, 0.05) is 12.3 Å². The number of hydrogen-bond acceptors (Lipinski definition) is 4. The van der Waals surface area contributed by atoms with E-state index in [4.69, 9.17) is 14.9 Å². The molecule has 7 nitrogen and oxygen atoms in total. The van der Waals surface area contributed by atoms with E-state index in [1.54, 1.807) is 0 Å². The highest BCUT2D eigenvalue weighted by molar-refractivity contribution is 5.99. The van der Waals surface area contributed by atoms with Crippen LogP contribution in [0.2, 0.25) is 0 Å². The molecular weight excluding hydrogens is 278 g/mol. The van der Waals surface area contributed by atoms with Crippen molar-refractivity contribution < 1.29 is 29.3 Å². The zero-order chi connectivity index (χ0) is 15.4. The number of nitrogens with one attached hydrogen (secondary N) is 1. The van der Waals surface area contributed by atoms with E-state index >= 15 is 0 Å². The van der Waals surface area contributed by atoms with Crippen molar-refractivity contribution in [3.05, 3.63) is 29.3 Å². The molecule has 1 fully saturated rings. The quantitative estimate of drug-likeness (QED) is 0.774. The lowest BCUT2D eigenvalue weighted by atomic mass is 10.0. The molecule has 1 aliphatic heterocycles. The maximum Gasteiger partial charge on any atom is 0.335 e. The zero-order valence-corrected chi connectivity index (χ0v) is 11.2. The number of rotatable bonds is 4. The molecule has 1 atom stereocenters. The summed E-state index contributed by atoms with van der Waals surface area (Å²) in [5.74, 6) is -3.11. The van der Waals surface area contributed by atoms with Gasteiger partial charge in [0.15, 0.2) is 0 Å². The van der Waals surface area contributed by atoms with Crippen LogP contribution in [0.3, 0.4) is 0 Å². The number of anilines is 1. The Kier molecular flexibility index (Phi) is 4.54. The largest absolute Gasteiger partial charge is 0.478 e.